The van der Waals surface area contributed by atoms with Gasteiger partial charge in [0.2, 0.25) is 5.88 Å². The fourth-order valence-corrected chi connectivity index (χ4v) is 3.00. The van der Waals surface area contributed by atoms with Crippen LogP contribution in [0.1, 0.15) is 26.6 Å². The van der Waals surface area contributed by atoms with E-state index in [4.69, 9.17) is 9.26 Å². The number of rotatable bonds is 6. The van der Waals surface area contributed by atoms with E-state index < -0.39 is 0 Å². The highest BCUT2D eigenvalue weighted by molar-refractivity contribution is 5.96. The first kappa shape index (κ1) is 18.9. The highest BCUT2D eigenvalue weighted by atomic mass is 16.5. The first-order valence-electron chi connectivity index (χ1n) is 8.78. The third-order valence-electron chi connectivity index (χ3n) is 4.45. The van der Waals surface area contributed by atoms with E-state index in [-0.39, 0.29) is 11.8 Å². The second kappa shape index (κ2) is 8.21. The molecule has 0 aromatic carbocycles. The van der Waals surface area contributed by atoms with Crippen LogP contribution in [-0.4, -0.2) is 82.9 Å². The Bertz CT molecular complexity index is 806. The maximum absolute atomic E-state index is 12.4. The molecule has 2 aromatic heterocycles. The minimum atomic E-state index is -0.213. The van der Waals surface area contributed by atoms with Gasteiger partial charge in [-0.2, -0.15) is 0 Å². The quantitative estimate of drug-likeness (QED) is 0.751. The van der Waals surface area contributed by atoms with E-state index in [1.54, 1.807) is 35.8 Å². The molecule has 1 fully saturated rings. The Kier molecular flexibility index (Phi) is 5.75. The smallest absolute Gasteiger partial charge is 0.276 e. The minimum absolute atomic E-state index is 0.108. The first-order chi connectivity index (χ1) is 13.0. The van der Waals surface area contributed by atoms with Crippen molar-refractivity contribution >= 4 is 11.8 Å². The molecule has 146 valence electrons. The normalized spacial score (nSPS) is 15.0. The van der Waals surface area contributed by atoms with Crippen molar-refractivity contribution in [2.24, 2.45) is 7.05 Å². The van der Waals surface area contributed by atoms with Gasteiger partial charge in [-0.25, -0.2) is 0 Å². The van der Waals surface area contributed by atoms with Gasteiger partial charge < -0.3 is 19.5 Å². The third kappa shape index (κ3) is 4.45. The zero-order chi connectivity index (χ0) is 19.4. The molecule has 10 nitrogen and oxygen atoms in total. The van der Waals surface area contributed by atoms with E-state index in [0.29, 0.717) is 49.1 Å². The van der Waals surface area contributed by atoms with Crippen LogP contribution in [-0.2, 0) is 7.05 Å². The summed E-state index contributed by atoms with van der Waals surface area (Å²) in [5, 5.41) is 10.7. The minimum Gasteiger partial charge on any atom is -0.479 e. The molecule has 2 amide bonds. The van der Waals surface area contributed by atoms with Crippen LogP contribution in [0.4, 0.5) is 0 Å². The summed E-state index contributed by atoms with van der Waals surface area (Å²) >= 11 is 0. The third-order valence-corrected chi connectivity index (χ3v) is 4.45. The van der Waals surface area contributed by atoms with Crippen LogP contribution in [0.5, 0.6) is 5.88 Å². The Hall–Kier alpha value is -2.88. The van der Waals surface area contributed by atoms with Crippen LogP contribution in [0.15, 0.2) is 16.8 Å². The molecule has 0 aliphatic carbocycles. The molecule has 2 aromatic rings. The van der Waals surface area contributed by atoms with Gasteiger partial charge in [0.1, 0.15) is 11.3 Å². The average molecular weight is 376 g/mol. The Morgan fingerprint density at radius 1 is 1.30 bits per heavy atom. The summed E-state index contributed by atoms with van der Waals surface area (Å²) in [5.41, 5.74) is 0.761. The summed E-state index contributed by atoms with van der Waals surface area (Å²) in [5.74, 6) is 0.613. The molecule has 1 saturated heterocycles. The summed E-state index contributed by atoms with van der Waals surface area (Å²) < 4.78 is 11.6. The number of hydrogen-bond donors (Lipinski definition) is 1. The fraction of sp³-hybridized carbons (Fsp3) is 0.529. The molecule has 1 aliphatic heterocycles. The maximum Gasteiger partial charge on any atom is 0.276 e. The van der Waals surface area contributed by atoms with Gasteiger partial charge in [0.15, 0.2) is 5.69 Å². The number of methoxy groups -OCH3 is 1. The number of amides is 2. The molecule has 3 heterocycles. The standard InChI is InChI=1S/C17H24N6O4/c1-12-10-14(20-27-12)17(25)23-8-6-22(7-9-23)5-4-18-15(24)13-11-21(2)19-16(13)26-3/h10-11H,4-9H2,1-3H3,(H,18,24). The van der Waals surface area contributed by atoms with Crippen molar-refractivity contribution in [3.8, 4) is 5.88 Å². The zero-order valence-electron chi connectivity index (χ0n) is 15.8. The van der Waals surface area contributed by atoms with Crippen molar-refractivity contribution in [1.82, 2.24) is 30.1 Å². The highest BCUT2D eigenvalue weighted by Crippen LogP contribution is 2.14. The van der Waals surface area contributed by atoms with Crippen LogP contribution in [0, 0.1) is 6.92 Å². The SMILES string of the molecule is COc1nn(C)cc1C(=O)NCCN1CCN(C(=O)c2cc(C)on2)CC1. The lowest BCUT2D eigenvalue weighted by atomic mass is 10.2. The molecular weight excluding hydrogens is 352 g/mol. The van der Waals surface area contributed by atoms with Crippen LogP contribution in [0.3, 0.4) is 0 Å². The summed E-state index contributed by atoms with van der Waals surface area (Å²) in [6.45, 7) is 5.71. The second-order valence-electron chi connectivity index (χ2n) is 6.44. The lowest BCUT2D eigenvalue weighted by Crippen LogP contribution is -2.50. The summed E-state index contributed by atoms with van der Waals surface area (Å²) in [7, 11) is 3.22. The van der Waals surface area contributed by atoms with Crippen LogP contribution in [0.25, 0.3) is 0 Å². The molecule has 1 N–H and O–H groups in total. The Morgan fingerprint density at radius 3 is 2.67 bits per heavy atom. The topological polar surface area (TPSA) is 106 Å². The number of aryl methyl sites for hydroxylation is 2. The molecule has 10 heteroatoms. The largest absolute Gasteiger partial charge is 0.479 e. The van der Waals surface area contributed by atoms with Gasteiger partial charge in [0.25, 0.3) is 11.8 Å². The van der Waals surface area contributed by atoms with Gasteiger partial charge in [0, 0.05) is 58.6 Å². The lowest BCUT2D eigenvalue weighted by molar-refractivity contribution is 0.0628. The summed E-state index contributed by atoms with van der Waals surface area (Å²) in [6, 6.07) is 1.65. The van der Waals surface area contributed by atoms with Crippen LogP contribution in [0.2, 0.25) is 0 Å². The van der Waals surface area contributed by atoms with Crippen molar-refractivity contribution in [2.75, 3.05) is 46.4 Å². The first-order valence-corrected chi connectivity index (χ1v) is 8.78. The molecule has 0 radical (unpaired) electrons. The Morgan fingerprint density at radius 2 is 2.04 bits per heavy atom. The van der Waals surface area contributed by atoms with Gasteiger partial charge in [-0.1, -0.05) is 5.16 Å². The molecule has 1 aliphatic rings. The van der Waals surface area contributed by atoms with Gasteiger partial charge in [-0.3, -0.25) is 19.2 Å². The average Bonchev–Trinajstić information content (AvgIpc) is 3.27. The van der Waals surface area contributed by atoms with E-state index in [1.165, 1.54) is 7.11 Å². The molecule has 0 atom stereocenters. The van der Waals surface area contributed by atoms with Gasteiger partial charge in [-0.15, -0.1) is 5.10 Å². The zero-order valence-corrected chi connectivity index (χ0v) is 15.8. The maximum atomic E-state index is 12.4. The summed E-state index contributed by atoms with van der Waals surface area (Å²) in [6.07, 6.45) is 1.63. The number of hydrogen-bond acceptors (Lipinski definition) is 7. The fourth-order valence-electron chi connectivity index (χ4n) is 3.00. The predicted molar refractivity (Wildman–Crippen MR) is 95.7 cm³/mol. The van der Waals surface area contributed by atoms with Crippen LogP contribution < -0.4 is 10.1 Å². The van der Waals surface area contributed by atoms with Gasteiger partial charge >= 0.3 is 0 Å². The number of carbonyl (C=O) groups is 2. The summed E-state index contributed by atoms with van der Waals surface area (Å²) in [4.78, 5) is 28.6. The number of carbonyl (C=O) groups excluding carboxylic acids is 2. The van der Waals surface area contributed by atoms with Crippen molar-refractivity contribution in [1.29, 1.82) is 0 Å². The van der Waals surface area contributed by atoms with E-state index in [1.807, 2.05) is 0 Å². The number of nitrogens with zero attached hydrogens (tertiary/aromatic N) is 5. The van der Waals surface area contributed by atoms with E-state index in [2.05, 4.69) is 20.5 Å². The molecule has 27 heavy (non-hydrogen) atoms. The van der Waals surface area contributed by atoms with Gasteiger partial charge in [-0.05, 0) is 6.92 Å². The molecule has 0 saturated carbocycles. The van der Waals surface area contributed by atoms with Crippen molar-refractivity contribution < 1.29 is 18.8 Å². The van der Waals surface area contributed by atoms with E-state index in [0.717, 1.165) is 13.1 Å². The second-order valence-corrected chi connectivity index (χ2v) is 6.44. The predicted octanol–water partition coefficient (Wildman–Crippen LogP) is -0.0871. The van der Waals surface area contributed by atoms with Crippen molar-refractivity contribution in [3.63, 3.8) is 0 Å². The number of nitrogens with one attached hydrogen (secondary N) is 1. The number of aromatic nitrogens is 3. The molecule has 0 bridgehead atoms. The monoisotopic (exact) mass is 376 g/mol. The number of ether oxygens (including phenoxy) is 1. The van der Waals surface area contributed by atoms with Crippen LogP contribution >= 0.6 is 0 Å². The molecule has 0 unspecified atom stereocenters. The van der Waals surface area contributed by atoms with Crippen molar-refractivity contribution in [3.05, 3.63) is 29.3 Å². The van der Waals surface area contributed by atoms with E-state index in [9.17, 15) is 9.59 Å². The Labute approximate surface area is 157 Å². The molecule has 3 rings (SSSR count). The van der Waals surface area contributed by atoms with E-state index >= 15 is 0 Å². The molecular formula is C17H24N6O4. The lowest BCUT2D eigenvalue weighted by Gasteiger charge is -2.34. The Balaban J connectivity index is 1.42. The number of piperazine rings is 1. The van der Waals surface area contributed by atoms with Crippen molar-refractivity contribution in [2.45, 2.75) is 6.92 Å². The van der Waals surface area contributed by atoms with Gasteiger partial charge in [0.05, 0.1) is 7.11 Å². The molecule has 0 spiro atoms. The highest BCUT2D eigenvalue weighted by Gasteiger charge is 2.24.